The van der Waals surface area contributed by atoms with E-state index >= 15 is 0 Å². The van der Waals surface area contributed by atoms with Gasteiger partial charge in [-0.05, 0) is 24.6 Å². The summed E-state index contributed by atoms with van der Waals surface area (Å²) < 4.78 is 4.91. The predicted molar refractivity (Wildman–Crippen MR) is 41.5 cm³/mol. The van der Waals surface area contributed by atoms with Gasteiger partial charge in [0.1, 0.15) is 5.75 Å². The zero-order valence-corrected chi connectivity index (χ0v) is 6.45. The third-order valence-electron chi connectivity index (χ3n) is 1.13. The van der Waals surface area contributed by atoms with Gasteiger partial charge in [-0.1, -0.05) is 12.1 Å². The van der Waals surface area contributed by atoms with Crippen molar-refractivity contribution in [3.63, 3.8) is 0 Å². The van der Waals surface area contributed by atoms with E-state index in [0.29, 0.717) is 0 Å². The van der Waals surface area contributed by atoms with Crippen LogP contribution < -0.4 is 4.52 Å². The Bertz CT molecular complexity index is 198. The van der Waals surface area contributed by atoms with Crippen LogP contribution in [0, 0.1) is 6.92 Å². The van der Waals surface area contributed by atoms with Crippen LogP contribution in [0.15, 0.2) is 24.3 Å². The molecule has 1 aromatic rings. The van der Waals surface area contributed by atoms with E-state index in [4.69, 9.17) is 4.52 Å². The van der Waals surface area contributed by atoms with Crippen molar-refractivity contribution in [2.24, 2.45) is 0 Å². The molecule has 2 heteroatoms. The van der Waals surface area contributed by atoms with Crippen LogP contribution in [0.25, 0.3) is 0 Å². The maximum Gasteiger partial charge on any atom is 0.122 e. The summed E-state index contributed by atoms with van der Waals surface area (Å²) in [4.78, 5) is 0. The normalized spacial score (nSPS) is 9.11. The SMILES string of the molecule is Cc1cccc(OP)c1. The molecule has 1 rings (SSSR count). The first-order chi connectivity index (χ1) is 4.33. The van der Waals surface area contributed by atoms with Crippen LogP contribution in [-0.2, 0) is 0 Å². The fraction of sp³-hybridized carbons (Fsp3) is 0.143. The standard InChI is InChI=1S/C7H9OP/c1-6-3-2-4-7(5-6)8-9/h2-5H,9H2,1H3. The molecule has 0 N–H and O–H groups in total. The predicted octanol–water partition coefficient (Wildman–Crippen LogP) is 2.16. The first kappa shape index (κ1) is 6.57. The molecule has 0 aliphatic rings. The Morgan fingerprint density at radius 1 is 1.44 bits per heavy atom. The Morgan fingerprint density at radius 3 is 2.67 bits per heavy atom. The summed E-state index contributed by atoms with van der Waals surface area (Å²) in [5.74, 6) is 0.889. The summed E-state index contributed by atoms with van der Waals surface area (Å²) in [6.07, 6.45) is 0. The van der Waals surface area contributed by atoms with E-state index in [-0.39, 0.29) is 0 Å². The molecule has 0 radical (unpaired) electrons. The van der Waals surface area contributed by atoms with Crippen molar-refractivity contribution in [2.75, 3.05) is 0 Å². The van der Waals surface area contributed by atoms with Gasteiger partial charge >= 0.3 is 0 Å². The third-order valence-corrected chi connectivity index (χ3v) is 1.40. The first-order valence-corrected chi connectivity index (χ1v) is 3.23. The topological polar surface area (TPSA) is 9.23 Å². The maximum absolute atomic E-state index is 4.91. The summed E-state index contributed by atoms with van der Waals surface area (Å²) in [6, 6.07) is 7.90. The van der Waals surface area contributed by atoms with E-state index < -0.39 is 0 Å². The molecule has 1 aromatic carbocycles. The molecule has 0 saturated carbocycles. The van der Waals surface area contributed by atoms with Gasteiger partial charge in [-0.3, -0.25) is 0 Å². The number of aryl methyl sites for hydroxylation is 1. The number of hydrogen-bond donors (Lipinski definition) is 0. The third kappa shape index (κ3) is 1.69. The molecule has 48 valence electrons. The van der Waals surface area contributed by atoms with E-state index in [1.54, 1.807) is 0 Å². The van der Waals surface area contributed by atoms with E-state index in [1.165, 1.54) is 5.56 Å². The fourth-order valence-corrected chi connectivity index (χ4v) is 0.835. The zero-order valence-electron chi connectivity index (χ0n) is 5.29. The van der Waals surface area contributed by atoms with Gasteiger partial charge in [-0.25, -0.2) is 0 Å². The van der Waals surface area contributed by atoms with Crippen LogP contribution in [0.2, 0.25) is 0 Å². The van der Waals surface area contributed by atoms with Crippen LogP contribution in [-0.4, -0.2) is 0 Å². The van der Waals surface area contributed by atoms with Crippen molar-refractivity contribution >= 4 is 9.47 Å². The highest BCUT2D eigenvalue weighted by Crippen LogP contribution is 2.13. The van der Waals surface area contributed by atoms with Gasteiger partial charge in [-0.2, -0.15) is 0 Å². The number of rotatable bonds is 1. The van der Waals surface area contributed by atoms with Crippen LogP contribution in [0.4, 0.5) is 0 Å². The largest absolute Gasteiger partial charge is 0.480 e. The Morgan fingerprint density at radius 2 is 2.22 bits per heavy atom. The van der Waals surface area contributed by atoms with Crippen molar-refractivity contribution < 1.29 is 4.52 Å². The van der Waals surface area contributed by atoms with Crippen molar-refractivity contribution in [2.45, 2.75) is 6.92 Å². The van der Waals surface area contributed by atoms with Gasteiger partial charge in [0.2, 0.25) is 0 Å². The quantitative estimate of drug-likeness (QED) is 0.543. The monoisotopic (exact) mass is 140 g/mol. The molecule has 0 aromatic heterocycles. The molecule has 0 aliphatic carbocycles. The summed E-state index contributed by atoms with van der Waals surface area (Å²) in [7, 11) is 2.22. The summed E-state index contributed by atoms with van der Waals surface area (Å²) in [6.45, 7) is 2.03. The van der Waals surface area contributed by atoms with Crippen LogP contribution >= 0.6 is 9.47 Å². The molecule has 0 amide bonds. The molecule has 0 saturated heterocycles. The average molecular weight is 140 g/mol. The van der Waals surface area contributed by atoms with E-state index in [9.17, 15) is 0 Å². The van der Waals surface area contributed by atoms with Gasteiger partial charge in [0.05, 0.1) is 9.47 Å². The van der Waals surface area contributed by atoms with Gasteiger partial charge in [0, 0.05) is 0 Å². The highest BCUT2D eigenvalue weighted by molar-refractivity contribution is 7.10. The second-order valence-electron chi connectivity index (χ2n) is 1.93. The highest BCUT2D eigenvalue weighted by atomic mass is 31.0. The van der Waals surface area contributed by atoms with Gasteiger partial charge in [0.15, 0.2) is 0 Å². The number of hydrogen-bond acceptors (Lipinski definition) is 1. The molecule has 1 unspecified atom stereocenters. The average Bonchev–Trinajstić information content (AvgIpc) is 1.88. The van der Waals surface area contributed by atoms with Crippen LogP contribution in [0.1, 0.15) is 5.56 Å². The molecule has 0 heterocycles. The van der Waals surface area contributed by atoms with Gasteiger partial charge in [0.25, 0.3) is 0 Å². The second kappa shape index (κ2) is 2.84. The van der Waals surface area contributed by atoms with Crippen molar-refractivity contribution in [3.8, 4) is 5.75 Å². The zero-order chi connectivity index (χ0) is 6.69. The van der Waals surface area contributed by atoms with Crippen LogP contribution in [0.3, 0.4) is 0 Å². The molecule has 1 nitrogen and oxygen atoms in total. The van der Waals surface area contributed by atoms with Crippen molar-refractivity contribution in [3.05, 3.63) is 29.8 Å². The van der Waals surface area contributed by atoms with E-state index in [1.807, 2.05) is 31.2 Å². The Labute approximate surface area is 57.3 Å². The second-order valence-corrected chi connectivity index (χ2v) is 2.17. The molecule has 0 fully saturated rings. The maximum atomic E-state index is 4.91. The van der Waals surface area contributed by atoms with Crippen LogP contribution in [0.5, 0.6) is 5.75 Å². The lowest BCUT2D eigenvalue weighted by molar-refractivity contribution is 0.645. The summed E-state index contributed by atoms with van der Waals surface area (Å²) in [5, 5.41) is 0. The fourth-order valence-electron chi connectivity index (χ4n) is 0.689. The molecule has 1 atom stereocenters. The lowest BCUT2D eigenvalue weighted by Gasteiger charge is -1.97. The first-order valence-electron chi connectivity index (χ1n) is 2.76. The lowest BCUT2D eigenvalue weighted by atomic mass is 10.2. The van der Waals surface area contributed by atoms with E-state index in [2.05, 4.69) is 9.47 Å². The summed E-state index contributed by atoms with van der Waals surface area (Å²) >= 11 is 0. The molecule has 0 aliphatic heterocycles. The molecular weight excluding hydrogens is 131 g/mol. The lowest BCUT2D eigenvalue weighted by Crippen LogP contribution is -1.74. The molecule has 0 bridgehead atoms. The van der Waals surface area contributed by atoms with Crippen molar-refractivity contribution in [1.29, 1.82) is 0 Å². The Kier molecular flexibility index (Phi) is 2.07. The Hall–Kier alpha value is -0.550. The highest BCUT2D eigenvalue weighted by Gasteiger charge is 1.86. The minimum atomic E-state index is 0.889. The minimum absolute atomic E-state index is 0.889. The molecule has 9 heavy (non-hydrogen) atoms. The molecular formula is C7H9OP. The summed E-state index contributed by atoms with van der Waals surface area (Å²) in [5.41, 5.74) is 1.22. The van der Waals surface area contributed by atoms with Gasteiger partial charge in [-0.15, -0.1) is 0 Å². The number of benzene rings is 1. The minimum Gasteiger partial charge on any atom is -0.480 e. The van der Waals surface area contributed by atoms with Crippen molar-refractivity contribution in [1.82, 2.24) is 0 Å². The smallest absolute Gasteiger partial charge is 0.122 e. The van der Waals surface area contributed by atoms with E-state index in [0.717, 1.165) is 5.75 Å². The van der Waals surface area contributed by atoms with Gasteiger partial charge < -0.3 is 4.52 Å². The molecule has 0 spiro atoms. The Balaban J connectivity index is 2.94.